The van der Waals surface area contributed by atoms with Gasteiger partial charge in [-0.1, -0.05) is 0 Å². The lowest BCUT2D eigenvalue weighted by atomic mass is 10.3. The maximum Gasteiger partial charge on any atom is 0.237 e. The summed E-state index contributed by atoms with van der Waals surface area (Å²) < 4.78 is 0. The van der Waals surface area contributed by atoms with Crippen LogP contribution in [0.1, 0.15) is 25.3 Å². The summed E-state index contributed by atoms with van der Waals surface area (Å²) in [5.41, 5.74) is 6.23. The van der Waals surface area contributed by atoms with Crippen LogP contribution in [0.4, 0.5) is 5.95 Å². The van der Waals surface area contributed by atoms with Gasteiger partial charge in [-0.2, -0.15) is 0 Å². The molecule has 1 aromatic rings. The second kappa shape index (κ2) is 5.77. The molecule has 0 unspecified atom stereocenters. The third kappa shape index (κ3) is 3.66. The van der Waals surface area contributed by atoms with Gasteiger partial charge >= 0.3 is 0 Å². The number of anilines is 1. The monoisotopic (exact) mass is 249 g/mol. The van der Waals surface area contributed by atoms with E-state index >= 15 is 0 Å². The highest BCUT2D eigenvalue weighted by atomic mass is 16.1. The van der Waals surface area contributed by atoms with Crippen molar-refractivity contribution in [2.45, 2.75) is 32.4 Å². The van der Waals surface area contributed by atoms with Gasteiger partial charge < -0.3 is 16.0 Å². The SMILES string of the molecule is CCN(CC(N)=O)c1ncc(CNC2CC2)cn1. The molecular formula is C12H19N5O. The van der Waals surface area contributed by atoms with Gasteiger partial charge in [-0.05, 0) is 19.8 Å². The van der Waals surface area contributed by atoms with E-state index in [4.69, 9.17) is 5.73 Å². The molecule has 0 saturated heterocycles. The van der Waals surface area contributed by atoms with E-state index in [1.807, 2.05) is 6.92 Å². The fourth-order valence-electron chi connectivity index (χ4n) is 1.66. The molecule has 6 nitrogen and oxygen atoms in total. The molecule has 0 bridgehead atoms. The molecule has 1 amide bonds. The lowest BCUT2D eigenvalue weighted by Gasteiger charge is -2.18. The summed E-state index contributed by atoms with van der Waals surface area (Å²) in [6.45, 7) is 3.54. The summed E-state index contributed by atoms with van der Waals surface area (Å²) in [5, 5.41) is 3.40. The summed E-state index contributed by atoms with van der Waals surface area (Å²) >= 11 is 0. The Labute approximate surface area is 107 Å². The fraction of sp³-hybridized carbons (Fsp3) is 0.583. The number of hydrogen-bond donors (Lipinski definition) is 2. The number of aromatic nitrogens is 2. The third-order valence-corrected chi connectivity index (χ3v) is 2.88. The van der Waals surface area contributed by atoms with Crippen molar-refractivity contribution >= 4 is 11.9 Å². The van der Waals surface area contributed by atoms with Crippen molar-refractivity contribution in [3.05, 3.63) is 18.0 Å². The van der Waals surface area contributed by atoms with E-state index in [0.717, 1.165) is 12.1 Å². The molecule has 0 spiro atoms. The van der Waals surface area contributed by atoms with Crippen LogP contribution in [0.3, 0.4) is 0 Å². The molecule has 1 aromatic heterocycles. The van der Waals surface area contributed by atoms with Crippen LogP contribution in [-0.2, 0) is 11.3 Å². The van der Waals surface area contributed by atoms with Crippen molar-refractivity contribution in [1.29, 1.82) is 0 Å². The van der Waals surface area contributed by atoms with E-state index in [0.29, 0.717) is 18.5 Å². The number of hydrogen-bond acceptors (Lipinski definition) is 5. The molecule has 6 heteroatoms. The van der Waals surface area contributed by atoms with Gasteiger partial charge in [0.15, 0.2) is 0 Å². The fourth-order valence-corrected chi connectivity index (χ4v) is 1.66. The maximum atomic E-state index is 10.9. The molecule has 18 heavy (non-hydrogen) atoms. The first-order chi connectivity index (χ1) is 8.69. The quantitative estimate of drug-likeness (QED) is 0.713. The minimum atomic E-state index is -0.375. The Morgan fingerprint density at radius 1 is 1.50 bits per heavy atom. The second-order valence-electron chi connectivity index (χ2n) is 4.53. The van der Waals surface area contributed by atoms with Gasteiger partial charge in [-0.25, -0.2) is 9.97 Å². The van der Waals surface area contributed by atoms with Crippen molar-refractivity contribution in [2.24, 2.45) is 5.73 Å². The summed E-state index contributed by atoms with van der Waals surface area (Å²) in [4.78, 5) is 21.2. The van der Waals surface area contributed by atoms with Gasteiger partial charge in [0.2, 0.25) is 11.9 Å². The van der Waals surface area contributed by atoms with Crippen LogP contribution in [0, 0.1) is 0 Å². The number of likely N-dealkylation sites (N-methyl/N-ethyl adjacent to an activating group) is 1. The zero-order valence-electron chi connectivity index (χ0n) is 10.6. The van der Waals surface area contributed by atoms with Gasteiger partial charge in [-0.3, -0.25) is 4.79 Å². The molecular weight excluding hydrogens is 230 g/mol. The van der Waals surface area contributed by atoms with E-state index in [1.165, 1.54) is 12.8 Å². The van der Waals surface area contributed by atoms with Gasteiger partial charge in [0.25, 0.3) is 0 Å². The normalized spacial score (nSPS) is 14.5. The number of nitrogens with two attached hydrogens (primary N) is 1. The van der Waals surface area contributed by atoms with Crippen LogP contribution in [0.25, 0.3) is 0 Å². The van der Waals surface area contributed by atoms with E-state index < -0.39 is 0 Å². The Bertz CT molecular complexity index is 401. The highest BCUT2D eigenvalue weighted by Crippen LogP contribution is 2.19. The Balaban J connectivity index is 1.93. The van der Waals surface area contributed by atoms with Crippen molar-refractivity contribution in [1.82, 2.24) is 15.3 Å². The second-order valence-corrected chi connectivity index (χ2v) is 4.53. The molecule has 2 rings (SSSR count). The number of nitrogens with zero attached hydrogens (tertiary/aromatic N) is 3. The van der Waals surface area contributed by atoms with Crippen molar-refractivity contribution in [3.8, 4) is 0 Å². The van der Waals surface area contributed by atoms with Crippen LogP contribution >= 0.6 is 0 Å². The summed E-state index contributed by atoms with van der Waals surface area (Å²) in [6.07, 6.45) is 6.12. The Morgan fingerprint density at radius 3 is 2.67 bits per heavy atom. The van der Waals surface area contributed by atoms with Crippen molar-refractivity contribution < 1.29 is 4.79 Å². The number of carbonyl (C=O) groups excluding carboxylic acids is 1. The smallest absolute Gasteiger partial charge is 0.237 e. The third-order valence-electron chi connectivity index (χ3n) is 2.88. The highest BCUT2D eigenvalue weighted by Gasteiger charge is 2.20. The number of rotatable bonds is 7. The average Bonchev–Trinajstić information content (AvgIpc) is 3.18. The predicted molar refractivity (Wildman–Crippen MR) is 69.0 cm³/mol. The van der Waals surface area contributed by atoms with E-state index in [1.54, 1.807) is 17.3 Å². The molecule has 0 aliphatic heterocycles. The zero-order valence-corrected chi connectivity index (χ0v) is 10.6. The number of nitrogens with one attached hydrogen (secondary N) is 1. The van der Waals surface area contributed by atoms with E-state index in [2.05, 4.69) is 15.3 Å². The van der Waals surface area contributed by atoms with Crippen molar-refractivity contribution in [2.75, 3.05) is 18.0 Å². The topological polar surface area (TPSA) is 84.1 Å². The Kier molecular flexibility index (Phi) is 4.09. The molecule has 1 saturated carbocycles. The van der Waals surface area contributed by atoms with Crippen LogP contribution in [0.5, 0.6) is 0 Å². The van der Waals surface area contributed by atoms with E-state index in [9.17, 15) is 4.79 Å². The van der Waals surface area contributed by atoms with Crippen LogP contribution in [0.15, 0.2) is 12.4 Å². The minimum absolute atomic E-state index is 0.149. The first kappa shape index (κ1) is 12.8. The summed E-state index contributed by atoms with van der Waals surface area (Å²) in [7, 11) is 0. The molecule has 1 aliphatic carbocycles. The number of primary amides is 1. The highest BCUT2D eigenvalue weighted by molar-refractivity contribution is 5.78. The Morgan fingerprint density at radius 2 is 2.17 bits per heavy atom. The lowest BCUT2D eigenvalue weighted by molar-refractivity contribution is -0.116. The van der Waals surface area contributed by atoms with Gasteiger partial charge in [-0.15, -0.1) is 0 Å². The minimum Gasteiger partial charge on any atom is -0.368 e. The van der Waals surface area contributed by atoms with Crippen LogP contribution in [-0.4, -0.2) is 35.0 Å². The molecule has 1 fully saturated rings. The number of carbonyl (C=O) groups is 1. The maximum absolute atomic E-state index is 10.9. The molecule has 1 heterocycles. The Hall–Kier alpha value is -1.69. The number of amides is 1. The molecule has 98 valence electrons. The largest absolute Gasteiger partial charge is 0.368 e. The summed E-state index contributed by atoms with van der Waals surface area (Å²) in [5.74, 6) is 0.173. The first-order valence-corrected chi connectivity index (χ1v) is 6.26. The molecule has 0 aromatic carbocycles. The van der Waals surface area contributed by atoms with Crippen LogP contribution in [0.2, 0.25) is 0 Å². The van der Waals surface area contributed by atoms with Crippen molar-refractivity contribution in [3.63, 3.8) is 0 Å². The molecule has 1 aliphatic rings. The molecule has 0 radical (unpaired) electrons. The molecule has 3 N–H and O–H groups in total. The van der Waals surface area contributed by atoms with Gasteiger partial charge in [0, 0.05) is 37.1 Å². The zero-order chi connectivity index (χ0) is 13.0. The van der Waals surface area contributed by atoms with E-state index in [-0.39, 0.29) is 12.5 Å². The average molecular weight is 249 g/mol. The molecule has 0 atom stereocenters. The lowest BCUT2D eigenvalue weighted by Crippen LogP contribution is -2.34. The summed E-state index contributed by atoms with van der Waals surface area (Å²) in [6, 6.07) is 0.673. The van der Waals surface area contributed by atoms with Gasteiger partial charge in [0.1, 0.15) is 0 Å². The predicted octanol–water partition coefficient (Wildman–Crippen LogP) is 0.0402. The van der Waals surface area contributed by atoms with Crippen LogP contribution < -0.4 is 16.0 Å². The standard InChI is InChI=1S/C12H19N5O/c1-2-17(8-11(13)18)12-15-6-9(7-16-12)5-14-10-3-4-10/h6-7,10,14H,2-5,8H2,1H3,(H2,13,18). The van der Waals surface area contributed by atoms with Gasteiger partial charge in [0.05, 0.1) is 6.54 Å². The first-order valence-electron chi connectivity index (χ1n) is 6.26.